The van der Waals surface area contributed by atoms with Gasteiger partial charge in [0.25, 0.3) is 15.7 Å². The summed E-state index contributed by atoms with van der Waals surface area (Å²) < 4.78 is 35.1. The number of hydrogen-bond acceptors (Lipinski definition) is 5. The summed E-state index contributed by atoms with van der Waals surface area (Å²) >= 11 is 6.00. The van der Waals surface area contributed by atoms with Crippen LogP contribution in [0.3, 0.4) is 0 Å². The predicted octanol–water partition coefficient (Wildman–Crippen LogP) is 2.72. The molecule has 1 fully saturated rings. The van der Waals surface area contributed by atoms with Crippen molar-refractivity contribution in [2.75, 3.05) is 26.3 Å². The molecule has 1 heterocycles. The summed E-state index contributed by atoms with van der Waals surface area (Å²) in [6.45, 7) is 1.85. The Morgan fingerprint density at radius 3 is 2.44 bits per heavy atom. The van der Waals surface area contributed by atoms with E-state index in [-0.39, 0.29) is 16.5 Å². The second kappa shape index (κ2) is 8.03. The van der Waals surface area contributed by atoms with E-state index in [0.717, 1.165) is 12.1 Å². The van der Waals surface area contributed by atoms with E-state index in [9.17, 15) is 18.5 Å². The number of non-ortho nitro benzene ring substituents is 1. The first-order valence-corrected chi connectivity index (χ1v) is 9.87. The molecule has 2 aromatic carbocycles. The van der Waals surface area contributed by atoms with Crippen LogP contribution in [0.4, 0.5) is 5.69 Å². The number of rotatable bonds is 4. The van der Waals surface area contributed by atoms with Crippen LogP contribution >= 0.6 is 11.6 Å². The number of nitro groups is 1. The van der Waals surface area contributed by atoms with Gasteiger partial charge in [-0.2, -0.15) is 8.42 Å². The summed E-state index contributed by atoms with van der Waals surface area (Å²) in [6.07, 6.45) is 0. The van der Waals surface area contributed by atoms with Crippen molar-refractivity contribution in [3.05, 3.63) is 69.2 Å². The number of nitro benzene ring substituents is 1. The van der Waals surface area contributed by atoms with Gasteiger partial charge in [-0.1, -0.05) is 41.9 Å². The number of halogens is 1. The maximum atomic E-state index is 12.9. The Balaban J connectivity index is 2.11. The fraction of sp³-hybridized carbons (Fsp3) is 0.235. The summed E-state index contributed by atoms with van der Waals surface area (Å²) in [7, 11) is -4.27. The highest BCUT2D eigenvalue weighted by molar-refractivity contribution is 7.90. The number of nitrogens with zero attached hydrogens (tertiary/aromatic N) is 3. The van der Waals surface area contributed by atoms with E-state index in [1.54, 1.807) is 24.3 Å². The van der Waals surface area contributed by atoms with Gasteiger partial charge in [0.15, 0.2) is 0 Å². The van der Waals surface area contributed by atoms with Gasteiger partial charge in [0.1, 0.15) is 10.7 Å². The van der Waals surface area contributed by atoms with Gasteiger partial charge in [0, 0.05) is 30.8 Å². The predicted molar refractivity (Wildman–Crippen MR) is 101 cm³/mol. The number of ether oxygens (including phenoxy) is 1. The average Bonchev–Trinajstić information content (AvgIpc) is 2.67. The summed E-state index contributed by atoms with van der Waals surface area (Å²) in [4.78, 5) is 11.7. The Kier molecular flexibility index (Phi) is 5.73. The molecule has 0 radical (unpaired) electrons. The van der Waals surface area contributed by atoms with Crippen molar-refractivity contribution in [3.63, 3.8) is 0 Å². The highest BCUT2D eigenvalue weighted by atomic mass is 35.5. The molecular formula is C17H16ClN3O5S. The Hall–Kier alpha value is -2.49. The standard InChI is InChI=1S/C17H16ClN3O5S/c18-15-7-6-14(21(22)23)12-16(15)27(24,25)19-17(13-4-2-1-3-5-13)20-8-10-26-11-9-20/h1-7,12H,8-11H2. The molecule has 142 valence electrons. The number of amidine groups is 1. The van der Waals surface area contributed by atoms with E-state index in [1.807, 2.05) is 11.0 Å². The van der Waals surface area contributed by atoms with Crippen LogP contribution in [-0.2, 0) is 14.8 Å². The van der Waals surface area contributed by atoms with Gasteiger partial charge >= 0.3 is 0 Å². The van der Waals surface area contributed by atoms with Gasteiger partial charge in [-0.15, -0.1) is 4.40 Å². The van der Waals surface area contributed by atoms with Gasteiger partial charge in [0.05, 0.1) is 23.2 Å². The van der Waals surface area contributed by atoms with E-state index < -0.39 is 19.8 Å². The second-order valence-corrected chi connectivity index (χ2v) is 7.71. The molecule has 0 unspecified atom stereocenters. The first kappa shape index (κ1) is 19.3. The molecule has 0 atom stereocenters. The fourth-order valence-electron chi connectivity index (χ4n) is 2.62. The number of benzene rings is 2. The van der Waals surface area contributed by atoms with Gasteiger partial charge in [-0.3, -0.25) is 10.1 Å². The minimum Gasteiger partial charge on any atom is -0.378 e. The Morgan fingerprint density at radius 2 is 1.81 bits per heavy atom. The minimum absolute atomic E-state index is 0.126. The van der Waals surface area contributed by atoms with Crippen molar-refractivity contribution < 1.29 is 18.1 Å². The number of sulfonamides is 1. The Labute approximate surface area is 161 Å². The molecule has 2 aromatic rings. The third-order valence-corrected chi connectivity index (χ3v) is 5.70. The lowest BCUT2D eigenvalue weighted by atomic mass is 10.2. The van der Waals surface area contributed by atoms with E-state index >= 15 is 0 Å². The maximum Gasteiger partial charge on any atom is 0.286 e. The second-order valence-electron chi connectivity index (χ2n) is 5.73. The van der Waals surface area contributed by atoms with E-state index in [1.165, 1.54) is 6.07 Å². The van der Waals surface area contributed by atoms with Crippen LogP contribution in [0.15, 0.2) is 57.8 Å². The molecule has 3 rings (SSSR count). The third-order valence-electron chi connectivity index (χ3n) is 3.95. The van der Waals surface area contributed by atoms with Crippen LogP contribution in [-0.4, -0.2) is 50.4 Å². The topological polar surface area (TPSA) is 102 Å². The van der Waals surface area contributed by atoms with Crippen LogP contribution in [0, 0.1) is 10.1 Å². The lowest BCUT2D eigenvalue weighted by Crippen LogP contribution is -2.41. The van der Waals surface area contributed by atoms with Gasteiger partial charge < -0.3 is 9.64 Å². The largest absolute Gasteiger partial charge is 0.378 e. The van der Waals surface area contributed by atoms with Crippen LogP contribution in [0.25, 0.3) is 0 Å². The molecule has 1 aliphatic rings. The molecule has 1 saturated heterocycles. The lowest BCUT2D eigenvalue weighted by molar-refractivity contribution is -0.385. The number of morpholine rings is 1. The Morgan fingerprint density at radius 1 is 1.15 bits per heavy atom. The van der Waals surface area contributed by atoms with Crippen LogP contribution in [0.1, 0.15) is 5.56 Å². The summed E-state index contributed by atoms with van der Waals surface area (Å²) in [5.74, 6) is 0.251. The summed E-state index contributed by atoms with van der Waals surface area (Å²) in [6, 6.07) is 12.1. The first-order chi connectivity index (χ1) is 12.9. The van der Waals surface area contributed by atoms with Crippen molar-refractivity contribution in [3.8, 4) is 0 Å². The molecule has 1 aliphatic heterocycles. The fourth-order valence-corrected chi connectivity index (χ4v) is 4.16. The first-order valence-electron chi connectivity index (χ1n) is 8.05. The monoisotopic (exact) mass is 409 g/mol. The zero-order valence-corrected chi connectivity index (χ0v) is 15.7. The summed E-state index contributed by atoms with van der Waals surface area (Å²) in [5.41, 5.74) is 0.241. The van der Waals surface area contributed by atoms with Crippen molar-refractivity contribution >= 4 is 33.1 Å². The average molecular weight is 410 g/mol. The van der Waals surface area contributed by atoms with Crippen LogP contribution < -0.4 is 0 Å². The molecule has 0 aromatic heterocycles. The molecule has 0 bridgehead atoms. The minimum atomic E-state index is -4.27. The zero-order valence-electron chi connectivity index (χ0n) is 14.1. The Bertz CT molecular complexity index is 973. The molecule has 0 spiro atoms. The smallest absolute Gasteiger partial charge is 0.286 e. The molecule has 0 aliphatic carbocycles. The molecule has 10 heteroatoms. The SMILES string of the molecule is O=[N+]([O-])c1ccc(Cl)c(S(=O)(=O)N=C(c2ccccc2)N2CCOCC2)c1. The normalized spacial score (nSPS) is 15.6. The molecule has 0 saturated carbocycles. The number of hydrogen-bond donors (Lipinski definition) is 0. The van der Waals surface area contributed by atoms with Crippen LogP contribution in [0.5, 0.6) is 0 Å². The van der Waals surface area contributed by atoms with Gasteiger partial charge in [-0.05, 0) is 6.07 Å². The van der Waals surface area contributed by atoms with Crippen molar-refractivity contribution in [1.82, 2.24) is 4.90 Å². The van der Waals surface area contributed by atoms with Crippen molar-refractivity contribution in [2.45, 2.75) is 4.90 Å². The lowest BCUT2D eigenvalue weighted by Gasteiger charge is -2.29. The molecule has 8 nitrogen and oxygen atoms in total. The molecule has 0 N–H and O–H groups in total. The molecular weight excluding hydrogens is 394 g/mol. The maximum absolute atomic E-state index is 12.9. The van der Waals surface area contributed by atoms with Crippen LogP contribution in [0.2, 0.25) is 5.02 Å². The molecule has 27 heavy (non-hydrogen) atoms. The highest BCUT2D eigenvalue weighted by Gasteiger charge is 2.25. The summed E-state index contributed by atoms with van der Waals surface area (Å²) in [5, 5.41) is 10.9. The van der Waals surface area contributed by atoms with E-state index in [0.29, 0.717) is 31.9 Å². The van der Waals surface area contributed by atoms with Gasteiger partial charge in [-0.25, -0.2) is 0 Å². The van der Waals surface area contributed by atoms with Gasteiger partial charge in [0.2, 0.25) is 0 Å². The quantitative estimate of drug-likeness (QED) is 0.333. The van der Waals surface area contributed by atoms with Crippen molar-refractivity contribution in [2.24, 2.45) is 4.40 Å². The van der Waals surface area contributed by atoms with E-state index in [4.69, 9.17) is 16.3 Å². The molecule has 0 amide bonds. The third kappa shape index (κ3) is 4.44. The van der Waals surface area contributed by atoms with E-state index in [2.05, 4.69) is 4.40 Å². The van der Waals surface area contributed by atoms with Crippen molar-refractivity contribution in [1.29, 1.82) is 0 Å². The highest BCUT2D eigenvalue weighted by Crippen LogP contribution is 2.28. The zero-order chi connectivity index (χ0) is 19.4.